The normalized spacial score (nSPS) is 14.9. The van der Waals surface area contributed by atoms with Gasteiger partial charge in [0.05, 0.1) is 29.5 Å². The summed E-state index contributed by atoms with van der Waals surface area (Å²) in [6.07, 6.45) is 6.38. The molecule has 0 spiro atoms. The van der Waals surface area contributed by atoms with E-state index in [4.69, 9.17) is 4.74 Å². The number of carbonyl (C=O) groups excluding carboxylic acids is 1. The molecule has 2 heterocycles. The molecule has 31 heavy (non-hydrogen) atoms. The molecule has 0 aliphatic carbocycles. The molecule has 1 aliphatic heterocycles. The zero-order valence-corrected chi connectivity index (χ0v) is 18.6. The minimum absolute atomic E-state index is 0.153. The summed E-state index contributed by atoms with van der Waals surface area (Å²) in [6.45, 7) is 6.83. The maximum atomic E-state index is 13.0. The molecule has 166 valence electrons. The lowest BCUT2D eigenvalue weighted by molar-refractivity contribution is -0.111. The Morgan fingerprint density at radius 2 is 1.97 bits per heavy atom. The summed E-state index contributed by atoms with van der Waals surface area (Å²) in [6, 6.07) is 8.51. The number of nitrogens with one attached hydrogen (secondary N) is 1. The first-order valence-electron chi connectivity index (χ1n) is 10.3. The number of anilines is 2. The van der Waals surface area contributed by atoms with Crippen LogP contribution in [0.15, 0.2) is 53.7 Å². The van der Waals surface area contributed by atoms with Crippen LogP contribution in [0.2, 0.25) is 0 Å². The fraction of sp³-hybridized carbons (Fsp3) is 0.364. The molecule has 1 aliphatic rings. The maximum absolute atomic E-state index is 13.0. The summed E-state index contributed by atoms with van der Waals surface area (Å²) in [5.74, 6) is -0.351. The highest BCUT2D eigenvalue weighted by Crippen LogP contribution is 2.31. The summed E-state index contributed by atoms with van der Waals surface area (Å²) >= 11 is 0. The number of benzene rings is 1. The van der Waals surface area contributed by atoms with E-state index in [0.717, 1.165) is 11.3 Å². The number of morpholine rings is 1. The molecule has 9 heteroatoms. The number of aromatic nitrogens is 1. The second kappa shape index (κ2) is 10.5. The third kappa shape index (κ3) is 5.69. The van der Waals surface area contributed by atoms with Gasteiger partial charge in [-0.2, -0.15) is 4.31 Å². The number of hydrogen-bond acceptors (Lipinski definition) is 6. The summed E-state index contributed by atoms with van der Waals surface area (Å²) in [4.78, 5) is 18.9. The molecular formula is C22H28N4O4S. The highest BCUT2D eigenvalue weighted by Gasteiger charge is 2.24. The largest absolute Gasteiger partial charge is 0.378 e. The van der Waals surface area contributed by atoms with Crippen molar-refractivity contribution in [3.8, 4) is 0 Å². The molecule has 0 radical (unpaired) electrons. The Morgan fingerprint density at radius 3 is 2.61 bits per heavy atom. The van der Waals surface area contributed by atoms with E-state index in [2.05, 4.69) is 15.2 Å². The fourth-order valence-corrected chi connectivity index (χ4v) is 4.87. The van der Waals surface area contributed by atoms with E-state index in [-0.39, 0.29) is 10.8 Å². The van der Waals surface area contributed by atoms with Crippen molar-refractivity contribution in [1.29, 1.82) is 0 Å². The average molecular weight is 445 g/mol. The summed E-state index contributed by atoms with van der Waals surface area (Å²) < 4.78 is 32.8. The second-order valence-electron chi connectivity index (χ2n) is 6.98. The van der Waals surface area contributed by atoms with Crippen LogP contribution in [0, 0.1) is 0 Å². The quantitative estimate of drug-likeness (QED) is 0.630. The number of rotatable bonds is 8. The van der Waals surface area contributed by atoms with E-state index in [1.807, 2.05) is 6.07 Å². The predicted octanol–water partition coefficient (Wildman–Crippen LogP) is 2.60. The van der Waals surface area contributed by atoms with Gasteiger partial charge in [0.15, 0.2) is 0 Å². The number of nitrogens with zero attached hydrogens (tertiary/aromatic N) is 3. The van der Waals surface area contributed by atoms with Gasteiger partial charge in [-0.3, -0.25) is 9.78 Å². The lowest BCUT2D eigenvalue weighted by atomic mass is 10.2. The average Bonchev–Trinajstić information content (AvgIpc) is 2.79. The van der Waals surface area contributed by atoms with Crippen molar-refractivity contribution < 1.29 is 17.9 Å². The zero-order valence-electron chi connectivity index (χ0n) is 17.8. The van der Waals surface area contributed by atoms with E-state index in [0.29, 0.717) is 45.1 Å². The van der Waals surface area contributed by atoms with E-state index in [1.165, 1.54) is 16.4 Å². The van der Waals surface area contributed by atoms with Gasteiger partial charge in [-0.05, 0) is 35.9 Å². The number of hydrogen-bond donors (Lipinski definition) is 1. The Bertz CT molecular complexity index is 1020. The molecule has 8 nitrogen and oxygen atoms in total. The molecule has 1 amide bonds. The minimum atomic E-state index is -3.65. The van der Waals surface area contributed by atoms with Crippen molar-refractivity contribution in [3.63, 3.8) is 0 Å². The molecule has 0 atom stereocenters. The third-order valence-electron chi connectivity index (χ3n) is 5.03. The number of ether oxygens (including phenoxy) is 1. The van der Waals surface area contributed by atoms with Crippen LogP contribution >= 0.6 is 0 Å². The van der Waals surface area contributed by atoms with Crippen LogP contribution in [0.25, 0.3) is 6.08 Å². The molecule has 2 aromatic rings. The Labute approximate surface area is 183 Å². The molecule has 1 aromatic carbocycles. The van der Waals surface area contributed by atoms with Crippen LogP contribution in [0.1, 0.15) is 19.4 Å². The first kappa shape index (κ1) is 22.9. The van der Waals surface area contributed by atoms with E-state index in [9.17, 15) is 13.2 Å². The minimum Gasteiger partial charge on any atom is -0.378 e. The van der Waals surface area contributed by atoms with Crippen molar-refractivity contribution in [2.75, 3.05) is 49.6 Å². The van der Waals surface area contributed by atoms with Crippen LogP contribution in [0.4, 0.5) is 11.4 Å². The van der Waals surface area contributed by atoms with Gasteiger partial charge in [0.2, 0.25) is 15.9 Å². The second-order valence-corrected chi connectivity index (χ2v) is 8.91. The standard InChI is InChI=1S/C22H28N4O4S/c1-3-26(4-2)31(28,29)19-8-9-21(25-12-14-30-15-13-25)20(16-19)24-22(27)10-7-18-6-5-11-23-17-18/h5-11,16-17H,3-4,12-15H2,1-2H3,(H,24,27)/b10-7+. The van der Waals surface area contributed by atoms with Crippen LogP contribution in [-0.2, 0) is 19.6 Å². The van der Waals surface area contributed by atoms with E-state index in [1.54, 1.807) is 50.5 Å². The summed E-state index contributed by atoms with van der Waals surface area (Å²) in [5, 5.41) is 2.85. The maximum Gasteiger partial charge on any atom is 0.248 e. The topological polar surface area (TPSA) is 91.8 Å². The van der Waals surface area contributed by atoms with Gasteiger partial charge in [-0.1, -0.05) is 19.9 Å². The molecule has 3 rings (SSSR count). The number of carbonyl (C=O) groups is 1. The van der Waals surface area contributed by atoms with Crippen LogP contribution in [0.3, 0.4) is 0 Å². The molecule has 0 saturated carbocycles. The SMILES string of the molecule is CCN(CC)S(=O)(=O)c1ccc(N2CCOCC2)c(NC(=O)/C=C/c2cccnc2)c1. The first-order valence-corrected chi connectivity index (χ1v) is 11.8. The predicted molar refractivity (Wildman–Crippen MR) is 121 cm³/mol. The number of sulfonamides is 1. The van der Waals surface area contributed by atoms with Crippen molar-refractivity contribution in [2.45, 2.75) is 18.7 Å². The fourth-order valence-electron chi connectivity index (χ4n) is 3.39. The molecule has 1 N–H and O–H groups in total. The molecular weight excluding hydrogens is 416 g/mol. The van der Waals surface area contributed by atoms with Gasteiger partial charge >= 0.3 is 0 Å². The van der Waals surface area contributed by atoms with E-state index >= 15 is 0 Å². The Hall–Kier alpha value is -2.75. The summed E-state index contributed by atoms with van der Waals surface area (Å²) in [7, 11) is -3.65. The molecule has 0 bridgehead atoms. The molecule has 1 fully saturated rings. The van der Waals surface area contributed by atoms with Gasteiger partial charge in [0.25, 0.3) is 0 Å². The van der Waals surface area contributed by atoms with Crippen LogP contribution in [0.5, 0.6) is 0 Å². The third-order valence-corrected chi connectivity index (χ3v) is 7.08. The summed E-state index contributed by atoms with van der Waals surface area (Å²) in [5.41, 5.74) is 2.02. The molecule has 1 aromatic heterocycles. The van der Waals surface area contributed by atoms with Gasteiger partial charge in [0, 0.05) is 44.6 Å². The monoisotopic (exact) mass is 444 g/mol. The Morgan fingerprint density at radius 1 is 1.23 bits per heavy atom. The highest BCUT2D eigenvalue weighted by molar-refractivity contribution is 7.89. The number of amides is 1. The number of pyridine rings is 1. The Balaban J connectivity index is 1.92. The lowest BCUT2D eigenvalue weighted by Gasteiger charge is -2.31. The lowest BCUT2D eigenvalue weighted by Crippen LogP contribution is -2.37. The van der Waals surface area contributed by atoms with Crippen molar-refractivity contribution in [2.24, 2.45) is 0 Å². The van der Waals surface area contributed by atoms with Crippen LogP contribution in [-0.4, -0.2) is 63.0 Å². The van der Waals surface area contributed by atoms with Gasteiger partial charge in [0.1, 0.15) is 0 Å². The van der Waals surface area contributed by atoms with E-state index < -0.39 is 10.0 Å². The molecule has 0 unspecified atom stereocenters. The van der Waals surface area contributed by atoms with Gasteiger partial charge < -0.3 is 15.0 Å². The van der Waals surface area contributed by atoms with Crippen molar-refractivity contribution in [1.82, 2.24) is 9.29 Å². The van der Waals surface area contributed by atoms with Gasteiger partial charge in [-0.15, -0.1) is 0 Å². The zero-order chi connectivity index (χ0) is 22.3. The van der Waals surface area contributed by atoms with Crippen molar-refractivity contribution >= 4 is 33.4 Å². The first-order chi connectivity index (χ1) is 15.0. The highest BCUT2D eigenvalue weighted by atomic mass is 32.2. The van der Waals surface area contributed by atoms with Crippen LogP contribution < -0.4 is 10.2 Å². The Kier molecular flexibility index (Phi) is 7.78. The van der Waals surface area contributed by atoms with Crippen molar-refractivity contribution in [3.05, 3.63) is 54.4 Å². The molecule has 1 saturated heterocycles. The van der Waals surface area contributed by atoms with Gasteiger partial charge in [-0.25, -0.2) is 8.42 Å². The smallest absolute Gasteiger partial charge is 0.248 e.